The van der Waals surface area contributed by atoms with Gasteiger partial charge in [-0.05, 0) is 42.0 Å². The molecule has 0 saturated carbocycles. The van der Waals surface area contributed by atoms with E-state index in [9.17, 15) is 23.2 Å². The molecule has 11 nitrogen and oxygen atoms in total. The van der Waals surface area contributed by atoms with Crippen LogP contribution >= 0.6 is 0 Å². The quantitative estimate of drug-likeness (QED) is 0.320. The number of fused-ring (bicyclic) bond motifs is 1. The molecule has 13 heteroatoms. The molecular weight excluding hydrogens is 494 g/mol. The minimum atomic E-state index is -3.76. The predicted molar refractivity (Wildman–Crippen MR) is 126 cm³/mol. The Morgan fingerprint density at radius 3 is 2.57 bits per heavy atom. The van der Waals surface area contributed by atoms with Gasteiger partial charge in [0.2, 0.25) is 0 Å². The summed E-state index contributed by atoms with van der Waals surface area (Å²) in [5.41, 5.74) is 1.76. The summed E-state index contributed by atoms with van der Waals surface area (Å²) in [7, 11) is 0. The second-order valence-corrected chi connectivity index (χ2v) is 7.67. The minimum absolute atomic E-state index is 0.134. The van der Waals surface area contributed by atoms with Gasteiger partial charge in [0.05, 0.1) is 5.56 Å². The summed E-state index contributed by atoms with van der Waals surface area (Å²) >= 11 is 0. The molecule has 2 heterocycles. The Labute approximate surface area is 208 Å². The molecule has 0 atom stereocenters. The number of halogens is 2. The first-order valence-corrected chi connectivity index (χ1v) is 10.8. The predicted octanol–water partition coefficient (Wildman–Crippen LogP) is 3.31. The molecule has 0 unspecified atom stereocenters. The monoisotopic (exact) mass is 514 g/mol. The average Bonchev–Trinajstić information content (AvgIpc) is 3.16. The van der Waals surface area contributed by atoms with Gasteiger partial charge in [0.25, 0.3) is 11.8 Å². The second-order valence-electron chi connectivity index (χ2n) is 7.67. The third-order valence-electron chi connectivity index (χ3n) is 4.86. The lowest BCUT2D eigenvalue weighted by Crippen LogP contribution is -2.25. The molecule has 37 heavy (non-hydrogen) atoms. The number of aromatic nitrogens is 1. The second kappa shape index (κ2) is 10.9. The van der Waals surface area contributed by atoms with Crippen molar-refractivity contribution < 1.29 is 42.5 Å². The average molecular weight is 514 g/mol. The normalized spacial score (nSPS) is 13.0. The van der Waals surface area contributed by atoms with Gasteiger partial charge in [-0.2, -0.15) is 0 Å². The van der Waals surface area contributed by atoms with Crippen molar-refractivity contribution in [3.63, 3.8) is 0 Å². The Morgan fingerprint density at radius 1 is 0.973 bits per heavy atom. The zero-order chi connectivity index (χ0) is 26.4. The molecule has 3 aromatic rings. The van der Waals surface area contributed by atoms with E-state index in [-0.39, 0.29) is 29.5 Å². The molecule has 0 bridgehead atoms. The van der Waals surface area contributed by atoms with Gasteiger partial charge in [-0.15, -0.1) is 8.78 Å². The zero-order valence-corrected chi connectivity index (χ0v) is 19.0. The largest absolute Gasteiger partial charge is 0.586 e. The van der Waals surface area contributed by atoms with Gasteiger partial charge in [0.1, 0.15) is 19.0 Å². The van der Waals surface area contributed by atoms with Crippen molar-refractivity contribution in [3.05, 3.63) is 71.9 Å². The number of hydrogen-bond acceptors (Lipinski definition) is 8. The van der Waals surface area contributed by atoms with E-state index in [1.165, 1.54) is 24.4 Å². The molecule has 4 N–H and O–H groups in total. The van der Waals surface area contributed by atoms with Crippen molar-refractivity contribution in [1.29, 1.82) is 0 Å². The molecule has 1 aliphatic rings. The Bertz CT molecular complexity index is 1340. The van der Waals surface area contributed by atoms with E-state index in [0.717, 1.165) is 5.56 Å². The smallest absolute Gasteiger partial charge is 0.480 e. The summed E-state index contributed by atoms with van der Waals surface area (Å²) < 4.78 is 40.0. The summed E-state index contributed by atoms with van der Waals surface area (Å²) in [6.45, 7) is -0.766. The fourth-order valence-electron chi connectivity index (χ4n) is 3.32. The summed E-state index contributed by atoms with van der Waals surface area (Å²) in [6, 6.07) is 13.9. The number of rotatable bonds is 10. The van der Waals surface area contributed by atoms with Crippen LogP contribution in [-0.4, -0.2) is 47.4 Å². The Balaban J connectivity index is 1.37. The molecule has 2 aromatic carbocycles. The highest BCUT2D eigenvalue weighted by molar-refractivity contribution is 6.08. The molecule has 0 spiro atoms. The number of benzene rings is 2. The summed E-state index contributed by atoms with van der Waals surface area (Å²) in [5, 5.41) is 16.8. The van der Waals surface area contributed by atoms with Crippen LogP contribution in [0.15, 0.2) is 60.8 Å². The lowest BCUT2D eigenvalue weighted by molar-refractivity contribution is -0.286. The molecule has 0 fully saturated rings. The van der Waals surface area contributed by atoms with Gasteiger partial charge in [-0.1, -0.05) is 12.1 Å². The van der Waals surface area contributed by atoms with Crippen molar-refractivity contribution in [2.24, 2.45) is 0 Å². The molecule has 0 radical (unpaired) electrons. The maximum absolute atomic E-state index is 13.2. The van der Waals surface area contributed by atoms with Crippen LogP contribution in [0.2, 0.25) is 0 Å². The maximum Gasteiger partial charge on any atom is 0.586 e. The van der Waals surface area contributed by atoms with Crippen LogP contribution in [0, 0.1) is 0 Å². The Hall–Kier alpha value is -4.78. The lowest BCUT2D eigenvalue weighted by atomic mass is 10.1. The molecule has 1 aliphatic heterocycles. The number of anilines is 3. The van der Waals surface area contributed by atoms with Crippen molar-refractivity contribution in [2.75, 3.05) is 29.2 Å². The van der Waals surface area contributed by atoms with Crippen molar-refractivity contribution in [2.45, 2.75) is 12.8 Å². The summed E-state index contributed by atoms with van der Waals surface area (Å²) in [4.78, 5) is 39.3. The number of carboxylic acids is 1. The fraction of sp³-hybridized carbons (Fsp3) is 0.167. The lowest BCUT2D eigenvalue weighted by Gasteiger charge is -2.13. The number of alkyl halides is 2. The van der Waals surface area contributed by atoms with Gasteiger partial charge in [-0.3, -0.25) is 9.59 Å². The first kappa shape index (κ1) is 25.3. The number of para-hydroxylation sites is 1. The topological polar surface area (TPSA) is 148 Å². The van der Waals surface area contributed by atoms with E-state index >= 15 is 0 Å². The van der Waals surface area contributed by atoms with Crippen LogP contribution in [-0.2, 0) is 20.9 Å². The van der Waals surface area contributed by atoms with E-state index < -0.39 is 37.3 Å². The van der Waals surface area contributed by atoms with E-state index in [2.05, 4.69) is 30.4 Å². The van der Waals surface area contributed by atoms with E-state index in [4.69, 9.17) is 9.84 Å². The number of hydrogen-bond donors (Lipinski definition) is 4. The van der Waals surface area contributed by atoms with E-state index in [1.54, 1.807) is 36.4 Å². The Kier molecular flexibility index (Phi) is 7.44. The van der Waals surface area contributed by atoms with Crippen molar-refractivity contribution in [1.82, 2.24) is 4.98 Å². The van der Waals surface area contributed by atoms with Gasteiger partial charge < -0.3 is 35.3 Å². The van der Waals surface area contributed by atoms with Gasteiger partial charge in [0, 0.05) is 30.2 Å². The number of nitrogens with zero attached hydrogens (tertiary/aromatic N) is 1. The molecule has 0 aliphatic carbocycles. The van der Waals surface area contributed by atoms with Crippen LogP contribution in [0.5, 0.6) is 11.5 Å². The van der Waals surface area contributed by atoms with Crippen molar-refractivity contribution in [3.8, 4) is 11.5 Å². The number of nitrogens with one attached hydrogen (secondary N) is 3. The molecule has 2 amide bonds. The zero-order valence-electron chi connectivity index (χ0n) is 19.0. The number of carbonyl (C=O) groups is 3. The number of carboxylic acid groups (broad SMARTS) is 1. The van der Waals surface area contributed by atoms with Gasteiger partial charge >= 0.3 is 12.3 Å². The highest BCUT2D eigenvalue weighted by Gasteiger charge is 2.43. The van der Waals surface area contributed by atoms with Crippen molar-refractivity contribution >= 4 is 35.0 Å². The number of aliphatic carboxylic acids is 1. The standard InChI is InChI=1S/C24H20F2N4O7/c25-24(26)36-18-6-5-15(10-19(18)37-24)29-23(34)16-3-1-2-4-17(16)28-11-14-7-8-27-20(9-14)30-21(31)12-35-13-22(32)33/h1-10,28H,11-13H2,(H,29,34)(H,32,33)(H,27,30,31). The molecule has 0 saturated heterocycles. The third-order valence-corrected chi connectivity index (χ3v) is 4.86. The SMILES string of the molecule is O=C(O)COCC(=O)Nc1cc(CNc2ccccc2C(=O)Nc2ccc3c(c2)OC(F)(F)O3)ccn1. The molecule has 4 rings (SSSR count). The van der Waals surface area contributed by atoms with E-state index in [0.29, 0.717) is 11.3 Å². The van der Waals surface area contributed by atoms with Gasteiger partial charge in [0.15, 0.2) is 11.5 Å². The third kappa shape index (κ3) is 6.89. The van der Waals surface area contributed by atoms with Crippen LogP contribution in [0.25, 0.3) is 0 Å². The number of carbonyl (C=O) groups excluding carboxylic acids is 2. The number of pyridine rings is 1. The highest BCUT2D eigenvalue weighted by atomic mass is 19.3. The van der Waals surface area contributed by atoms with E-state index in [1.807, 2.05) is 0 Å². The fourth-order valence-corrected chi connectivity index (χ4v) is 3.32. The highest BCUT2D eigenvalue weighted by Crippen LogP contribution is 2.42. The molecular formula is C24H20F2N4O7. The Morgan fingerprint density at radius 2 is 1.76 bits per heavy atom. The minimum Gasteiger partial charge on any atom is -0.480 e. The maximum atomic E-state index is 13.2. The summed E-state index contributed by atoms with van der Waals surface area (Å²) in [6.07, 6.45) is -2.28. The first-order valence-electron chi connectivity index (χ1n) is 10.8. The van der Waals surface area contributed by atoms with Crippen LogP contribution in [0.1, 0.15) is 15.9 Å². The molecule has 1 aromatic heterocycles. The number of amides is 2. The van der Waals surface area contributed by atoms with Gasteiger partial charge in [-0.25, -0.2) is 9.78 Å². The number of ether oxygens (including phenoxy) is 3. The van der Waals surface area contributed by atoms with Crippen LogP contribution in [0.4, 0.5) is 26.0 Å². The summed E-state index contributed by atoms with van der Waals surface area (Å²) in [5.74, 6) is -2.32. The van der Waals surface area contributed by atoms with Crippen LogP contribution < -0.4 is 25.4 Å². The van der Waals surface area contributed by atoms with Crippen LogP contribution in [0.3, 0.4) is 0 Å². The first-order chi connectivity index (χ1) is 17.7. The molecule has 192 valence electrons.